The van der Waals surface area contributed by atoms with Gasteiger partial charge in [-0.15, -0.1) is 0 Å². The van der Waals surface area contributed by atoms with E-state index in [1.807, 2.05) is 6.92 Å². The van der Waals surface area contributed by atoms with E-state index in [-0.39, 0.29) is 10.7 Å². The monoisotopic (exact) mass is 416 g/mol. The first-order valence-corrected chi connectivity index (χ1v) is 10.1. The van der Waals surface area contributed by atoms with Gasteiger partial charge in [-0.25, -0.2) is 8.42 Å². The Hall–Kier alpha value is -1.96. The summed E-state index contributed by atoms with van der Waals surface area (Å²) in [4.78, 5) is 12.4. The number of halogens is 2. The quantitative estimate of drug-likeness (QED) is 0.778. The van der Waals surface area contributed by atoms with Crippen LogP contribution >= 0.6 is 23.2 Å². The van der Waals surface area contributed by atoms with Gasteiger partial charge in [0.2, 0.25) is 15.9 Å². The van der Waals surface area contributed by atoms with Gasteiger partial charge in [0, 0.05) is 10.7 Å². The van der Waals surface area contributed by atoms with E-state index >= 15 is 0 Å². The summed E-state index contributed by atoms with van der Waals surface area (Å²) in [6.07, 6.45) is 1.02. The minimum Gasteiger partial charge on any atom is -0.495 e. The molecule has 0 atom stereocenters. The van der Waals surface area contributed by atoms with Crippen molar-refractivity contribution < 1.29 is 17.9 Å². The first kappa shape index (κ1) is 20.4. The number of carbonyl (C=O) groups excluding carboxylic acids is 1. The van der Waals surface area contributed by atoms with Crippen molar-refractivity contribution in [3.05, 3.63) is 52.0 Å². The number of hydrogen-bond acceptors (Lipinski definition) is 4. The molecule has 0 saturated heterocycles. The molecule has 0 spiro atoms. The van der Waals surface area contributed by atoms with Gasteiger partial charge < -0.3 is 10.1 Å². The molecule has 0 unspecified atom stereocenters. The lowest BCUT2D eigenvalue weighted by Gasteiger charge is -2.22. The van der Waals surface area contributed by atoms with Gasteiger partial charge in [-0.3, -0.25) is 9.10 Å². The van der Waals surface area contributed by atoms with Crippen LogP contribution < -0.4 is 14.4 Å². The highest BCUT2D eigenvalue weighted by atomic mass is 35.5. The number of benzene rings is 2. The Kier molecular flexibility index (Phi) is 6.39. The fraction of sp³-hybridized carbons (Fsp3) is 0.235. The Labute approximate surface area is 162 Å². The molecule has 2 aromatic carbocycles. The number of hydrogen-bond donors (Lipinski definition) is 1. The molecule has 6 nitrogen and oxygen atoms in total. The number of aryl methyl sites for hydroxylation is 1. The van der Waals surface area contributed by atoms with E-state index < -0.39 is 22.5 Å². The number of amides is 1. The highest BCUT2D eigenvalue weighted by Gasteiger charge is 2.22. The lowest BCUT2D eigenvalue weighted by atomic mass is 10.2. The van der Waals surface area contributed by atoms with Crippen molar-refractivity contribution in [2.24, 2.45) is 0 Å². The summed E-state index contributed by atoms with van der Waals surface area (Å²) in [6.45, 7) is 1.40. The van der Waals surface area contributed by atoms with E-state index in [2.05, 4.69) is 5.32 Å². The smallest absolute Gasteiger partial charge is 0.245 e. The van der Waals surface area contributed by atoms with Crippen molar-refractivity contribution in [3.8, 4) is 5.75 Å². The van der Waals surface area contributed by atoms with Gasteiger partial charge in [-0.1, -0.05) is 29.3 Å². The average Bonchev–Trinajstić information content (AvgIpc) is 2.55. The predicted octanol–water partition coefficient (Wildman–Crippen LogP) is 3.72. The van der Waals surface area contributed by atoms with Crippen LogP contribution in [0.25, 0.3) is 0 Å². The number of nitrogens with zero attached hydrogens (tertiary/aromatic N) is 1. The van der Waals surface area contributed by atoms with Crippen LogP contribution in [-0.2, 0) is 14.8 Å². The van der Waals surface area contributed by atoms with E-state index in [9.17, 15) is 13.2 Å². The highest BCUT2D eigenvalue weighted by molar-refractivity contribution is 7.92. The SMILES string of the molecule is COc1ccc(N(CC(=O)Nc2cc(Cl)ccc2C)S(C)(=O)=O)cc1Cl. The second kappa shape index (κ2) is 8.16. The zero-order valence-electron chi connectivity index (χ0n) is 14.4. The number of sulfonamides is 1. The normalized spacial score (nSPS) is 11.1. The minimum absolute atomic E-state index is 0.241. The molecular formula is C17H18Cl2N2O4S. The number of nitrogens with one attached hydrogen (secondary N) is 1. The predicted molar refractivity (Wildman–Crippen MR) is 105 cm³/mol. The van der Waals surface area contributed by atoms with Crippen LogP contribution in [0.15, 0.2) is 36.4 Å². The first-order valence-electron chi connectivity index (χ1n) is 7.49. The molecule has 0 saturated carbocycles. The molecule has 1 N–H and O–H groups in total. The van der Waals surface area contributed by atoms with Crippen molar-refractivity contribution in [3.63, 3.8) is 0 Å². The molecule has 0 aromatic heterocycles. The highest BCUT2D eigenvalue weighted by Crippen LogP contribution is 2.30. The van der Waals surface area contributed by atoms with E-state index in [4.69, 9.17) is 27.9 Å². The topological polar surface area (TPSA) is 75.7 Å². The molecule has 2 aromatic rings. The lowest BCUT2D eigenvalue weighted by molar-refractivity contribution is -0.114. The van der Waals surface area contributed by atoms with Gasteiger partial charge in [-0.2, -0.15) is 0 Å². The molecular weight excluding hydrogens is 399 g/mol. The molecule has 0 aliphatic carbocycles. The Bertz CT molecular complexity index is 932. The van der Waals surface area contributed by atoms with E-state index in [0.717, 1.165) is 16.1 Å². The van der Waals surface area contributed by atoms with Crippen molar-refractivity contribution in [1.82, 2.24) is 0 Å². The molecule has 0 aliphatic heterocycles. The summed E-state index contributed by atoms with van der Waals surface area (Å²) in [6, 6.07) is 9.55. The maximum Gasteiger partial charge on any atom is 0.245 e. The lowest BCUT2D eigenvalue weighted by Crippen LogP contribution is -2.37. The van der Waals surface area contributed by atoms with Crippen molar-refractivity contribution in [2.75, 3.05) is 29.5 Å². The molecule has 2 rings (SSSR count). The summed E-state index contributed by atoms with van der Waals surface area (Å²) >= 11 is 12.0. The molecule has 9 heteroatoms. The second-order valence-corrected chi connectivity index (χ2v) is 8.35. The Morgan fingerprint density at radius 1 is 1.19 bits per heavy atom. The fourth-order valence-electron chi connectivity index (χ4n) is 2.26. The standard InChI is InChI=1S/C17H18Cl2N2O4S/c1-11-4-5-12(18)8-15(11)20-17(22)10-21(26(3,23)24)13-6-7-16(25-2)14(19)9-13/h4-9H,10H2,1-3H3,(H,20,22). The third kappa shape index (κ3) is 5.03. The van der Waals surface area contributed by atoms with E-state index in [1.165, 1.54) is 25.3 Å². The Balaban J connectivity index is 2.27. The minimum atomic E-state index is -3.71. The number of rotatable bonds is 6. The first-order chi connectivity index (χ1) is 12.1. The Morgan fingerprint density at radius 2 is 1.88 bits per heavy atom. The molecule has 0 heterocycles. The molecule has 0 aliphatic rings. The fourth-order valence-corrected chi connectivity index (χ4v) is 3.53. The molecule has 0 fully saturated rings. The van der Waals surface area contributed by atoms with Crippen molar-refractivity contribution in [1.29, 1.82) is 0 Å². The zero-order chi connectivity index (χ0) is 19.5. The number of anilines is 2. The maximum absolute atomic E-state index is 12.4. The summed E-state index contributed by atoms with van der Waals surface area (Å²) in [5.41, 5.74) is 1.58. The Morgan fingerprint density at radius 3 is 2.46 bits per heavy atom. The van der Waals surface area contributed by atoms with Crippen LogP contribution in [-0.4, -0.2) is 34.2 Å². The third-order valence-corrected chi connectivity index (χ3v) is 5.26. The van der Waals surface area contributed by atoms with Crippen LogP contribution in [0.1, 0.15) is 5.56 Å². The van der Waals surface area contributed by atoms with Crippen molar-refractivity contribution in [2.45, 2.75) is 6.92 Å². The molecule has 140 valence electrons. The summed E-state index contributed by atoms with van der Waals surface area (Å²) in [5, 5.41) is 3.38. The van der Waals surface area contributed by atoms with Crippen molar-refractivity contribution >= 4 is 50.5 Å². The van der Waals surface area contributed by atoms with E-state index in [1.54, 1.807) is 18.2 Å². The number of carbonyl (C=O) groups is 1. The number of methoxy groups -OCH3 is 1. The third-order valence-electron chi connectivity index (χ3n) is 3.58. The van der Waals surface area contributed by atoms with Crippen LogP contribution in [0.3, 0.4) is 0 Å². The number of ether oxygens (including phenoxy) is 1. The van der Waals surface area contributed by atoms with Gasteiger partial charge in [-0.05, 0) is 42.8 Å². The van der Waals surface area contributed by atoms with Gasteiger partial charge >= 0.3 is 0 Å². The van der Waals surface area contributed by atoms with Gasteiger partial charge in [0.1, 0.15) is 12.3 Å². The molecule has 0 radical (unpaired) electrons. The summed E-state index contributed by atoms with van der Waals surface area (Å²) < 4.78 is 30.3. The van der Waals surface area contributed by atoms with Crippen LogP contribution in [0.4, 0.5) is 11.4 Å². The van der Waals surface area contributed by atoms with Crippen LogP contribution in [0, 0.1) is 6.92 Å². The van der Waals surface area contributed by atoms with Crippen LogP contribution in [0.2, 0.25) is 10.0 Å². The molecule has 0 bridgehead atoms. The van der Waals surface area contributed by atoms with Gasteiger partial charge in [0.25, 0.3) is 0 Å². The second-order valence-electron chi connectivity index (χ2n) is 5.60. The largest absolute Gasteiger partial charge is 0.495 e. The van der Waals surface area contributed by atoms with Crippen LogP contribution in [0.5, 0.6) is 5.75 Å². The summed E-state index contributed by atoms with van der Waals surface area (Å²) in [7, 11) is -2.26. The zero-order valence-corrected chi connectivity index (χ0v) is 16.7. The van der Waals surface area contributed by atoms with Gasteiger partial charge in [0.15, 0.2) is 0 Å². The maximum atomic E-state index is 12.4. The summed E-state index contributed by atoms with van der Waals surface area (Å²) in [5.74, 6) is -0.101. The average molecular weight is 417 g/mol. The molecule has 26 heavy (non-hydrogen) atoms. The van der Waals surface area contributed by atoms with E-state index in [0.29, 0.717) is 16.5 Å². The molecule has 1 amide bonds. The van der Waals surface area contributed by atoms with Gasteiger partial charge in [0.05, 0.1) is 24.1 Å².